The van der Waals surface area contributed by atoms with Crippen LogP contribution in [-0.4, -0.2) is 33.4 Å². The maximum absolute atomic E-state index is 11.7. The third-order valence-corrected chi connectivity index (χ3v) is 4.49. The molecule has 3 rings (SSSR count). The zero-order valence-corrected chi connectivity index (χ0v) is 13.2. The third-order valence-electron chi connectivity index (χ3n) is 3.36. The molecule has 7 nitrogen and oxygen atoms in total. The summed E-state index contributed by atoms with van der Waals surface area (Å²) >= 11 is 0. The summed E-state index contributed by atoms with van der Waals surface area (Å²) in [6, 6.07) is 1.93. The van der Waals surface area contributed by atoms with Crippen LogP contribution in [0.25, 0.3) is 11.4 Å². The number of hydrogen-bond acceptors (Lipinski definition) is 6. The van der Waals surface area contributed by atoms with E-state index in [4.69, 9.17) is 10.7 Å². The molecule has 0 bridgehead atoms. The molecule has 0 N–H and O–H groups in total. The Balaban J connectivity index is 2.24. The number of rotatable bonds is 4. The highest BCUT2D eigenvalue weighted by Crippen LogP contribution is 2.40. The highest BCUT2D eigenvalue weighted by molar-refractivity contribution is 8.13. The van der Waals surface area contributed by atoms with Gasteiger partial charge in [0.25, 0.3) is 14.2 Å². The minimum atomic E-state index is -3.93. The molecular weight excluding hydrogens is 314 g/mol. The predicted molar refractivity (Wildman–Crippen MR) is 76.5 cm³/mol. The maximum atomic E-state index is 11.7. The van der Waals surface area contributed by atoms with Gasteiger partial charge in [-0.1, -0.05) is 6.92 Å². The van der Waals surface area contributed by atoms with Crippen LogP contribution < -0.4 is 0 Å². The normalized spacial score (nSPS) is 15.4. The van der Waals surface area contributed by atoms with Gasteiger partial charge in [0, 0.05) is 22.3 Å². The van der Waals surface area contributed by atoms with E-state index in [0.29, 0.717) is 12.2 Å². The van der Waals surface area contributed by atoms with Gasteiger partial charge in [-0.3, -0.25) is 4.57 Å². The fourth-order valence-electron chi connectivity index (χ4n) is 2.26. The average molecular weight is 328 g/mol. The van der Waals surface area contributed by atoms with E-state index in [9.17, 15) is 8.42 Å². The largest absolute Gasteiger partial charge is 0.296 e. The van der Waals surface area contributed by atoms with Crippen LogP contribution in [0.3, 0.4) is 0 Å². The molecule has 2 heterocycles. The molecule has 2 aromatic rings. The van der Waals surface area contributed by atoms with E-state index in [1.807, 2.05) is 19.9 Å². The first-order valence-corrected chi connectivity index (χ1v) is 8.96. The summed E-state index contributed by atoms with van der Waals surface area (Å²) in [5, 5.41) is 15.8. The van der Waals surface area contributed by atoms with Crippen LogP contribution >= 0.6 is 10.7 Å². The number of aryl methyl sites for hydroxylation is 2. The molecule has 0 radical (unpaired) electrons. The number of nitrogens with zero attached hydrogens (tertiary/aromatic N) is 5. The summed E-state index contributed by atoms with van der Waals surface area (Å²) in [6.07, 6.45) is 2.45. The molecule has 0 amide bonds. The van der Waals surface area contributed by atoms with Crippen molar-refractivity contribution in [2.45, 2.75) is 44.3 Å². The summed E-state index contributed by atoms with van der Waals surface area (Å²) < 4.78 is 24.9. The van der Waals surface area contributed by atoms with Gasteiger partial charge in [0.05, 0.1) is 11.4 Å². The zero-order valence-electron chi connectivity index (χ0n) is 11.6. The lowest BCUT2D eigenvalue weighted by Gasteiger charge is -2.10. The van der Waals surface area contributed by atoms with Gasteiger partial charge in [0.1, 0.15) is 0 Å². The first kappa shape index (κ1) is 14.4. The Hall–Kier alpha value is -1.54. The Kier molecular flexibility index (Phi) is 3.45. The Morgan fingerprint density at radius 3 is 2.57 bits per heavy atom. The van der Waals surface area contributed by atoms with E-state index < -0.39 is 9.05 Å². The topological polar surface area (TPSA) is 90.6 Å². The molecule has 1 aliphatic carbocycles. The van der Waals surface area contributed by atoms with E-state index in [2.05, 4.69) is 20.4 Å². The predicted octanol–water partition coefficient (Wildman–Crippen LogP) is 1.87. The van der Waals surface area contributed by atoms with Gasteiger partial charge in [-0.15, -0.1) is 10.2 Å². The second-order valence-corrected chi connectivity index (χ2v) is 7.50. The van der Waals surface area contributed by atoms with Crippen molar-refractivity contribution < 1.29 is 8.42 Å². The van der Waals surface area contributed by atoms with E-state index >= 15 is 0 Å². The van der Waals surface area contributed by atoms with Gasteiger partial charge in [-0.2, -0.15) is 10.2 Å². The number of aromatic nitrogens is 5. The molecular formula is C12H14ClN5O2S. The second-order valence-electron chi connectivity index (χ2n) is 5.04. The molecule has 0 unspecified atom stereocenters. The van der Waals surface area contributed by atoms with Crippen molar-refractivity contribution in [2.24, 2.45) is 0 Å². The molecule has 0 saturated heterocycles. The highest BCUT2D eigenvalue weighted by Gasteiger charge is 2.34. The van der Waals surface area contributed by atoms with E-state index in [1.165, 1.54) is 0 Å². The van der Waals surface area contributed by atoms with Crippen molar-refractivity contribution >= 4 is 19.7 Å². The lowest BCUT2D eigenvalue weighted by Crippen LogP contribution is -2.08. The van der Waals surface area contributed by atoms with Crippen molar-refractivity contribution in [3.05, 3.63) is 17.5 Å². The van der Waals surface area contributed by atoms with Crippen LogP contribution in [0.15, 0.2) is 11.2 Å². The van der Waals surface area contributed by atoms with Gasteiger partial charge in [-0.05, 0) is 32.3 Å². The summed E-state index contributed by atoms with van der Waals surface area (Å²) in [7, 11) is 1.53. The summed E-state index contributed by atoms with van der Waals surface area (Å²) in [4.78, 5) is 0. The average Bonchev–Trinajstić information content (AvgIpc) is 3.15. The summed E-state index contributed by atoms with van der Waals surface area (Å²) in [5.41, 5.74) is 2.26. The standard InChI is InChI=1S/C12H14ClN5O2S/c1-3-10-9(6-7(2)14-15-10)11-16-17-12(21(13,19)20)18(11)8-4-5-8/h6,8H,3-5H2,1-2H3. The second kappa shape index (κ2) is 5.03. The Bertz CT molecular complexity index is 798. The molecule has 1 saturated carbocycles. The van der Waals surface area contributed by atoms with E-state index in [1.54, 1.807) is 4.57 Å². The Labute approximate surface area is 126 Å². The van der Waals surface area contributed by atoms with Crippen LogP contribution in [0, 0.1) is 6.92 Å². The van der Waals surface area contributed by atoms with Crippen LogP contribution in [0.4, 0.5) is 0 Å². The van der Waals surface area contributed by atoms with Crippen molar-refractivity contribution in [2.75, 3.05) is 0 Å². The van der Waals surface area contributed by atoms with E-state index in [-0.39, 0.29) is 11.2 Å². The SMILES string of the molecule is CCc1nnc(C)cc1-c1nnc(S(=O)(=O)Cl)n1C1CC1. The Morgan fingerprint density at radius 1 is 1.29 bits per heavy atom. The zero-order chi connectivity index (χ0) is 15.2. The molecule has 1 aliphatic rings. The number of hydrogen-bond donors (Lipinski definition) is 0. The third kappa shape index (κ3) is 2.65. The van der Waals surface area contributed by atoms with Crippen LogP contribution in [0.1, 0.15) is 37.2 Å². The lowest BCUT2D eigenvalue weighted by atomic mass is 10.1. The molecule has 112 valence electrons. The minimum Gasteiger partial charge on any atom is -0.294 e. The van der Waals surface area contributed by atoms with Crippen molar-refractivity contribution in [1.29, 1.82) is 0 Å². The van der Waals surface area contributed by atoms with Crippen molar-refractivity contribution in [3.8, 4) is 11.4 Å². The summed E-state index contributed by atoms with van der Waals surface area (Å²) in [5.74, 6) is 0.492. The molecule has 2 aromatic heterocycles. The first-order chi connectivity index (χ1) is 9.91. The smallest absolute Gasteiger partial charge is 0.294 e. The van der Waals surface area contributed by atoms with Gasteiger partial charge >= 0.3 is 0 Å². The fraction of sp³-hybridized carbons (Fsp3) is 0.500. The maximum Gasteiger partial charge on any atom is 0.296 e. The van der Waals surface area contributed by atoms with Gasteiger partial charge < -0.3 is 0 Å². The monoisotopic (exact) mass is 327 g/mol. The highest BCUT2D eigenvalue weighted by atomic mass is 35.7. The van der Waals surface area contributed by atoms with Crippen molar-refractivity contribution in [1.82, 2.24) is 25.0 Å². The fourth-order valence-corrected chi connectivity index (χ4v) is 3.18. The molecule has 9 heteroatoms. The van der Waals surface area contributed by atoms with Crippen molar-refractivity contribution in [3.63, 3.8) is 0 Å². The Morgan fingerprint density at radius 2 is 2.00 bits per heavy atom. The van der Waals surface area contributed by atoms with E-state index in [0.717, 1.165) is 29.8 Å². The van der Waals surface area contributed by atoms with Gasteiger partial charge in [0.15, 0.2) is 5.82 Å². The van der Waals surface area contributed by atoms with Crippen LogP contribution in [-0.2, 0) is 15.5 Å². The quantitative estimate of drug-likeness (QED) is 0.796. The molecule has 0 aliphatic heterocycles. The van der Waals surface area contributed by atoms with Crippen LogP contribution in [0.5, 0.6) is 0 Å². The van der Waals surface area contributed by atoms with Gasteiger partial charge in [-0.25, -0.2) is 8.42 Å². The van der Waals surface area contributed by atoms with Crippen LogP contribution in [0.2, 0.25) is 0 Å². The summed E-state index contributed by atoms with van der Waals surface area (Å²) in [6.45, 7) is 3.78. The molecule has 0 aromatic carbocycles. The lowest BCUT2D eigenvalue weighted by molar-refractivity contribution is 0.579. The minimum absolute atomic E-state index is 0.0803. The van der Waals surface area contributed by atoms with Gasteiger partial charge in [0.2, 0.25) is 0 Å². The number of halogens is 1. The molecule has 21 heavy (non-hydrogen) atoms. The molecule has 0 spiro atoms. The molecule has 1 fully saturated rings. The molecule has 0 atom stereocenters. The first-order valence-electron chi connectivity index (χ1n) is 6.65.